The van der Waals surface area contributed by atoms with Gasteiger partial charge in [0.1, 0.15) is 17.7 Å². The third-order valence-corrected chi connectivity index (χ3v) is 7.19. The third-order valence-electron chi connectivity index (χ3n) is 7.19. The number of aromatic nitrogens is 2. The van der Waals surface area contributed by atoms with Crippen LogP contribution in [0, 0.1) is 0 Å². The van der Waals surface area contributed by atoms with Crippen molar-refractivity contribution < 1.29 is 24.2 Å². The van der Waals surface area contributed by atoms with Crippen molar-refractivity contribution in [1.82, 2.24) is 25.1 Å². The van der Waals surface area contributed by atoms with Gasteiger partial charge in [-0.05, 0) is 31.4 Å². The average molecular weight is 484 g/mol. The molecular formula is C25H33N5O5. The number of rotatable bonds is 2. The highest BCUT2D eigenvalue weighted by Gasteiger charge is 2.39. The molecule has 10 nitrogen and oxygen atoms in total. The molecule has 1 aromatic heterocycles. The number of amides is 2. The predicted octanol–water partition coefficient (Wildman–Crippen LogP) is 0.600. The van der Waals surface area contributed by atoms with Crippen LogP contribution in [-0.2, 0) is 23.1 Å². The van der Waals surface area contributed by atoms with E-state index in [0.29, 0.717) is 50.3 Å². The van der Waals surface area contributed by atoms with Gasteiger partial charge >= 0.3 is 0 Å². The topological polar surface area (TPSA) is 118 Å². The van der Waals surface area contributed by atoms with E-state index in [1.165, 1.54) is 0 Å². The van der Waals surface area contributed by atoms with Gasteiger partial charge in [0.15, 0.2) is 0 Å². The number of aliphatic hydroxyl groups excluding tert-OH is 1. The number of fused-ring (bicyclic) bond motifs is 5. The Hall–Kier alpha value is -2.95. The van der Waals surface area contributed by atoms with Crippen molar-refractivity contribution in [2.75, 3.05) is 19.7 Å². The van der Waals surface area contributed by atoms with E-state index in [1.807, 2.05) is 34.8 Å². The predicted molar refractivity (Wildman–Crippen MR) is 127 cm³/mol. The summed E-state index contributed by atoms with van der Waals surface area (Å²) in [6.07, 6.45) is 4.89. The lowest BCUT2D eigenvalue weighted by molar-refractivity contribution is -0.133. The zero-order chi connectivity index (χ0) is 24.4. The van der Waals surface area contributed by atoms with E-state index < -0.39 is 18.2 Å². The highest BCUT2D eigenvalue weighted by molar-refractivity contribution is 5.97. The third kappa shape index (κ3) is 5.34. The van der Waals surface area contributed by atoms with Gasteiger partial charge in [-0.3, -0.25) is 14.5 Å². The molecule has 188 valence electrons. The minimum Gasteiger partial charge on any atom is -0.493 e. The summed E-state index contributed by atoms with van der Waals surface area (Å²) in [4.78, 5) is 32.9. The van der Waals surface area contributed by atoms with E-state index in [-0.39, 0.29) is 30.5 Å². The number of hydrogen-bond donors (Lipinski definition) is 3. The molecule has 0 aliphatic carbocycles. The van der Waals surface area contributed by atoms with Crippen molar-refractivity contribution in [3.8, 4) is 5.75 Å². The van der Waals surface area contributed by atoms with Crippen LogP contribution in [0.25, 0.3) is 0 Å². The van der Waals surface area contributed by atoms with Crippen molar-refractivity contribution in [2.24, 2.45) is 7.05 Å². The zero-order valence-electron chi connectivity index (χ0n) is 19.9. The first-order valence-corrected chi connectivity index (χ1v) is 12.3. The maximum atomic E-state index is 13.3. The van der Waals surface area contributed by atoms with E-state index in [4.69, 9.17) is 9.47 Å². The first-order chi connectivity index (χ1) is 17.0. The van der Waals surface area contributed by atoms with Crippen LogP contribution in [0.5, 0.6) is 5.75 Å². The molecule has 0 radical (unpaired) electrons. The number of carbonyl (C=O) groups excluding carboxylic acids is 2. The molecule has 5 rings (SSSR count). The number of nitrogens with zero attached hydrogens (tertiary/aromatic N) is 3. The van der Waals surface area contributed by atoms with Crippen LogP contribution >= 0.6 is 0 Å². The highest BCUT2D eigenvalue weighted by atomic mass is 16.5. The molecule has 2 amide bonds. The largest absolute Gasteiger partial charge is 0.493 e. The van der Waals surface area contributed by atoms with Gasteiger partial charge in [-0.25, -0.2) is 4.98 Å². The standard InChI is InChI=1S/C25H33N5O5/c1-29-10-9-26-23(29)15-30-14-16-12-19(30)25(33)27-13-22-20(31)7-6-17(35-22)8-11-34-21-5-3-2-4-18(21)24(32)28-16/h2-5,9-10,16-17,19-20,22,31H,6-8,11-15H2,1H3,(H,27,33)(H,28,32)/t16-,17-,19-,20-,22+/m0/s1. The van der Waals surface area contributed by atoms with Crippen LogP contribution in [0.1, 0.15) is 41.9 Å². The molecule has 2 saturated heterocycles. The van der Waals surface area contributed by atoms with E-state index >= 15 is 0 Å². The summed E-state index contributed by atoms with van der Waals surface area (Å²) >= 11 is 0. The molecule has 3 aliphatic rings. The Morgan fingerprint density at radius 2 is 2.06 bits per heavy atom. The number of hydrogen-bond acceptors (Lipinski definition) is 7. The van der Waals surface area contributed by atoms with Crippen LogP contribution in [0.2, 0.25) is 0 Å². The van der Waals surface area contributed by atoms with Gasteiger partial charge in [-0.1, -0.05) is 12.1 Å². The molecule has 10 heteroatoms. The highest BCUT2D eigenvalue weighted by Crippen LogP contribution is 2.26. The van der Waals surface area contributed by atoms with Crippen molar-refractivity contribution in [2.45, 2.75) is 62.6 Å². The Morgan fingerprint density at radius 1 is 1.20 bits per heavy atom. The number of carbonyl (C=O) groups is 2. The first kappa shape index (κ1) is 23.8. The van der Waals surface area contributed by atoms with Crippen molar-refractivity contribution in [3.63, 3.8) is 0 Å². The summed E-state index contributed by atoms with van der Waals surface area (Å²) in [6, 6.07) is 6.56. The number of aryl methyl sites for hydroxylation is 1. The van der Waals surface area contributed by atoms with Crippen molar-refractivity contribution in [3.05, 3.63) is 48.0 Å². The van der Waals surface area contributed by atoms with Gasteiger partial charge < -0.3 is 29.8 Å². The SMILES string of the molecule is Cn1ccnc1CN1C[C@@H]2C[C@H]1C(=O)NC[C@H]1O[C@H](CCOc3ccccc3C(=O)N2)CC[C@@H]1O. The molecule has 0 saturated carbocycles. The van der Waals surface area contributed by atoms with Gasteiger partial charge in [0.05, 0.1) is 37.0 Å². The Balaban J connectivity index is 1.40. The fourth-order valence-corrected chi connectivity index (χ4v) is 5.19. The van der Waals surface area contributed by atoms with E-state index in [1.54, 1.807) is 18.3 Å². The Morgan fingerprint density at radius 3 is 2.89 bits per heavy atom. The second kappa shape index (κ2) is 10.3. The van der Waals surface area contributed by atoms with Gasteiger partial charge in [0.25, 0.3) is 5.91 Å². The summed E-state index contributed by atoms with van der Waals surface area (Å²) in [5.74, 6) is 1.02. The van der Waals surface area contributed by atoms with Gasteiger partial charge in [-0.2, -0.15) is 0 Å². The number of imidazole rings is 1. The molecule has 5 atom stereocenters. The summed E-state index contributed by atoms with van der Waals surface area (Å²) in [7, 11) is 1.92. The van der Waals surface area contributed by atoms with Crippen LogP contribution in [0.3, 0.4) is 0 Å². The summed E-state index contributed by atoms with van der Waals surface area (Å²) in [5.41, 5.74) is 0.473. The Bertz CT molecular complexity index is 1060. The number of likely N-dealkylation sites (tertiary alicyclic amines) is 1. The molecule has 4 bridgehead atoms. The molecule has 2 aromatic rings. The second-order valence-corrected chi connectivity index (χ2v) is 9.63. The van der Waals surface area contributed by atoms with Gasteiger partial charge in [-0.15, -0.1) is 0 Å². The van der Waals surface area contributed by atoms with Crippen molar-refractivity contribution >= 4 is 11.8 Å². The van der Waals surface area contributed by atoms with Crippen LogP contribution in [0.4, 0.5) is 0 Å². The fourth-order valence-electron chi connectivity index (χ4n) is 5.19. The number of para-hydroxylation sites is 1. The van der Waals surface area contributed by atoms with Crippen LogP contribution in [-0.4, -0.2) is 81.5 Å². The molecule has 3 aliphatic heterocycles. The molecule has 0 unspecified atom stereocenters. The lowest BCUT2D eigenvalue weighted by Crippen LogP contribution is -2.50. The van der Waals surface area contributed by atoms with Crippen LogP contribution < -0.4 is 15.4 Å². The molecule has 3 N–H and O–H groups in total. The maximum Gasteiger partial charge on any atom is 0.255 e. The molecule has 4 heterocycles. The lowest BCUT2D eigenvalue weighted by atomic mass is 9.99. The van der Waals surface area contributed by atoms with Crippen molar-refractivity contribution in [1.29, 1.82) is 0 Å². The number of nitrogens with one attached hydrogen (secondary N) is 2. The van der Waals surface area contributed by atoms with E-state index in [9.17, 15) is 14.7 Å². The summed E-state index contributed by atoms with van der Waals surface area (Å²) < 4.78 is 14.0. The fraction of sp³-hybridized carbons (Fsp3) is 0.560. The summed E-state index contributed by atoms with van der Waals surface area (Å²) in [6.45, 7) is 1.64. The number of benzene rings is 1. The molecule has 0 spiro atoms. The quantitative estimate of drug-likeness (QED) is 0.573. The number of aliphatic hydroxyl groups is 1. The van der Waals surface area contributed by atoms with Crippen LogP contribution in [0.15, 0.2) is 36.7 Å². The molecule has 1 aromatic carbocycles. The average Bonchev–Trinajstić information content (AvgIpc) is 3.44. The Labute approximate surface area is 204 Å². The second-order valence-electron chi connectivity index (χ2n) is 9.63. The zero-order valence-corrected chi connectivity index (χ0v) is 19.9. The minimum atomic E-state index is -0.619. The first-order valence-electron chi connectivity index (χ1n) is 12.3. The molecule has 35 heavy (non-hydrogen) atoms. The van der Waals surface area contributed by atoms with Gasteiger partial charge in [0, 0.05) is 45.0 Å². The normalized spacial score (nSPS) is 30.2. The summed E-state index contributed by atoms with van der Waals surface area (Å²) in [5, 5.41) is 16.6. The van der Waals surface area contributed by atoms with E-state index in [0.717, 1.165) is 12.2 Å². The maximum absolute atomic E-state index is 13.3. The lowest BCUT2D eigenvalue weighted by Gasteiger charge is -2.34. The Kier molecular flexibility index (Phi) is 7.03. The smallest absolute Gasteiger partial charge is 0.255 e. The van der Waals surface area contributed by atoms with E-state index in [2.05, 4.69) is 15.6 Å². The minimum absolute atomic E-state index is 0.0787. The number of ether oxygens (including phenoxy) is 2. The molecular weight excluding hydrogens is 450 g/mol. The monoisotopic (exact) mass is 483 g/mol. The van der Waals surface area contributed by atoms with Gasteiger partial charge in [0.2, 0.25) is 5.91 Å². The molecule has 2 fully saturated rings.